The number of thiazole rings is 1. The Kier molecular flexibility index (Phi) is 6.50. The van der Waals surface area contributed by atoms with Gasteiger partial charge in [0.15, 0.2) is 16.5 Å². The lowest BCUT2D eigenvalue weighted by Gasteiger charge is -2.13. The molecule has 3 aromatic carbocycles. The molecule has 0 fully saturated rings. The van der Waals surface area contributed by atoms with Crippen LogP contribution in [0, 0.1) is 0 Å². The Morgan fingerprint density at radius 2 is 1.74 bits per heavy atom. The summed E-state index contributed by atoms with van der Waals surface area (Å²) in [5, 5.41) is 0. The van der Waals surface area contributed by atoms with Crippen LogP contribution in [0.1, 0.15) is 11.1 Å². The number of hydrogen-bond donors (Lipinski definition) is 0. The molecule has 35 heavy (non-hydrogen) atoms. The maximum Gasteiger partial charge on any atom is 0.274 e. The van der Waals surface area contributed by atoms with Crippen molar-refractivity contribution < 1.29 is 14.2 Å². The van der Waals surface area contributed by atoms with E-state index in [2.05, 4.69) is 11.6 Å². The number of para-hydroxylation sites is 3. The van der Waals surface area contributed by atoms with Crippen molar-refractivity contribution in [1.82, 2.24) is 9.38 Å². The predicted molar refractivity (Wildman–Crippen MR) is 140 cm³/mol. The van der Waals surface area contributed by atoms with Gasteiger partial charge in [-0.3, -0.25) is 4.79 Å². The molecule has 0 aliphatic carbocycles. The van der Waals surface area contributed by atoms with E-state index in [9.17, 15) is 4.79 Å². The summed E-state index contributed by atoms with van der Waals surface area (Å²) >= 11 is 1.37. The number of methoxy groups -OCH3 is 1. The van der Waals surface area contributed by atoms with Gasteiger partial charge in [-0.1, -0.05) is 53.8 Å². The van der Waals surface area contributed by atoms with Crippen LogP contribution in [0.15, 0.2) is 84.2 Å². The van der Waals surface area contributed by atoms with Gasteiger partial charge in [0, 0.05) is 0 Å². The second-order valence-electron chi connectivity index (χ2n) is 7.84. The molecule has 0 saturated carbocycles. The van der Waals surface area contributed by atoms with Crippen LogP contribution in [-0.4, -0.2) is 29.7 Å². The first-order valence-electron chi connectivity index (χ1n) is 11.2. The van der Waals surface area contributed by atoms with Gasteiger partial charge in [-0.05, 0) is 54.0 Å². The zero-order chi connectivity index (χ0) is 24.2. The molecule has 176 valence electrons. The zero-order valence-corrected chi connectivity index (χ0v) is 20.1. The molecule has 5 rings (SSSR count). The fourth-order valence-electron chi connectivity index (χ4n) is 3.93. The maximum atomic E-state index is 13.0. The first kappa shape index (κ1) is 22.7. The molecule has 0 spiro atoms. The van der Waals surface area contributed by atoms with E-state index < -0.39 is 0 Å². The summed E-state index contributed by atoms with van der Waals surface area (Å²) in [5.74, 6) is 2.03. The van der Waals surface area contributed by atoms with Gasteiger partial charge in [0.25, 0.3) is 5.56 Å². The molecule has 2 heterocycles. The zero-order valence-electron chi connectivity index (χ0n) is 19.3. The molecule has 0 atom stereocenters. The van der Waals surface area contributed by atoms with Crippen molar-refractivity contribution in [2.45, 2.75) is 6.42 Å². The Hall–Kier alpha value is -4.10. The Morgan fingerprint density at radius 1 is 0.971 bits per heavy atom. The second kappa shape index (κ2) is 10.0. The molecule has 7 heteroatoms. The fourth-order valence-corrected chi connectivity index (χ4v) is 4.92. The van der Waals surface area contributed by atoms with Gasteiger partial charge in [-0.2, -0.15) is 0 Å². The number of benzene rings is 3. The van der Waals surface area contributed by atoms with Gasteiger partial charge in [0.05, 0.1) is 22.7 Å². The number of rotatable bonds is 9. The van der Waals surface area contributed by atoms with Crippen LogP contribution in [-0.2, 0) is 6.42 Å². The molecule has 0 saturated heterocycles. The Bertz CT molecular complexity index is 1620. The van der Waals surface area contributed by atoms with Crippen molar-refractivity contribution in [3.8, 4) is 17.2 Å². The third kappa shape index (κ3) is 4.63. The summed E-state index contributed by atoms with van der Waals surface area (Å²) < 4.78 is 19.6. The molecule has 0 unspecified atom stereocenters. The highest BCUT2D eigenvalue weighted by Gasteiger charge is 2.11. The highest BCUT2D eigenvalue weighted by Crippen LogP contribution is 2.28. The fraction of sp³-hybridized carbons (Fsp3) is 0.143. The summed E-state index contributed by atoms with van der Waals surface area (Å²) in [7, 11) is 1.60. The Balaban J connectivity index is 1.32. The smallest absolute Gasteiger partial charge is 0.274 e. The SMILES string of the molecule is C=CCc1ccccc1OCCOc1ccc(/C=c2/sc3nc4ccccc4n3c2=O)cc1OC. The highest BCUT2D eigenvalue weighted by molar-refractivity contribution is 7.15. The van der Waals surface area contributed by atoms with Crippen LogP contribution >= 0.6 is 11.3 Å². The van der Waals surface area contributed by atoms with Crippen molar-refractivity contribution in [3.63, 3.8) is 0 Å². The standard InChI is InChI=1S/C28H24N2O4S/c1-3-8-20-9-4-7-12-23(20)33-15-16-34-24-14-13-19(17-25(24)32-2)18-26-27(31)30-22-11-6-5-10-21(22)29-28(30)35-26/h3-7,9-14,17-18H,1,8,15-16H2,2H3/b26-18+. The molecule has 0 bridgehead atoms. The quantitative estimate of drug-likeness (QED) is 0.225. The van der Waals surface area contributed by atoms with Gasteiger partial charge in [0.2, 0.25) is 0 Å². The monoisotopic (exact) mass is 484 g/mol. The van der Waals surface area contributed by atoms with Crippen molar-refractivity contribution in [3.05, 3.63) is 105 Å². The summed E-state index contributed by atoms with van der Waals surface area (Å²) in [6, 6.07) is 21.1. The minimum absolute atomic E-state index is 0.0770. The van der Waals surface area contributed by atoms with Crippen LogP contribution in [0.5, 0.6) is 17.2 Å². The Labute approximate surface area is 206 Å². The number of imidazole rings is 1. The van der Waals surface area contributed by atoms with E-state index in [1.165, 1.54) is 11.3 Å². The summed E-state index contributed by atoms with van der Waals surface area (Å²) in [5.41, 5.74) is 3.49. The minimum atomic E-state index is -0.0770. The van der Waals surface area contributed by atoms with Crippen LogP contribution < -0.4 is 24.3 Å². The predicted octanol–water partition coefficient (Wildman–Crippen LogP) is 4.65. The molecule has 0 radical (unpaired) electrons. The van der Waals surface area contributed by atoms with Gasteiger partial charge in [-0.25, -0.2) is 9.38 Å². The molecular weight excluding hydrogens is 460 g/mol. The van der Waals surface area contributed by atoms with Crippen molar-refractivity contribution in [2.24, 2.45) is 0 Å². The second-order valence-corrected chi connectivity index (χ2v) is 8.85. The van der Waals surface area contributed by atoms with Crippen LogP contribution in [0.3, 0.4) is 0 Å². The molecule has 0 aliphatic rings. The molecule has 0 aliphatic heterocycles. The number of aromatic nitrogens is 2. The van der Waals surface area contributed by atoms with Gasteiger partial charge < -0.3 is 14.2 Å². The van der Waals surface area contributed by atoms with Crippen molar-refractivity contribution in [2.75, 3.05) is 20.3 Å². The van der Waals surface area contributed by atoms with Gasteiger partial charge in [-0.15, -0.1) is 6.58 Å². The van der Waals surface area contributed by atoms with E-state index in [0.717, 1.165) is 34.3 Å². The Morgan fingerprint density at radius 3 is 2.57 bits per heavy atom. The lowest BCUT2D eigenvalue weighted by Crippen LogP contribution is -2.22. The highest BCUT2D eigenvalue weighted by atomic mass is 32.1. The lowest BCUT2D eigenvalue weighted by molar-refractivity contribution is 0.210. The molecule has 0 N–H and O–H groups in total. The lowest BCUT2D eigenvalue weighted by atomic mass is 10.1. The molecule has 0 amide bonds. The van der Waals surface area contributed by atoms with Crippen molar-refractivity contribution in [1.29, 1.82) is 0 Å². The van der Waals surface area contributed by atoms with E-state index in [1.807, 2.05) is 78.9 Å². The number of hydrogen-bond acceptors (Lipinski definition) is 6. The maximum absolute atomic E-state index is 13.0. The molecule has 2 aromatic heterocycles. The average molecular weight is 485 g/mol. The van der Waals surface area contributed by atoms with Crippen LogP contribution in [0.4, 0.5) is 0 Å². The molecule has 5 aromatic rings. The number of ether oxygens (including phenoxy) is 3. The first-order valence-corrected chi connectivity index (χ1v) is 12.0. The van der Waals surface area contributed by atoms with Gasteiger partial charge >= 0.3 is 0 Å². The van der Waals surface area contributed by atoms with E-state index in [-0.39, 0.29) is 5.56 Å². The molecule has 6 nitrogen and oxygen atoms in total. The van der Waals surface area contributed by atoms with E-state index in [1.54, 1.807) is 11.5 Å². The third-order valence-electron chi connectivity index (χ3n) is 5.57. The van der Waals surface area contributed by atoms with E-state index in [4.69, 9.17) is 14.2 Å². The summed E-state index contributed by atoms with van der Waals surface area (Å²) in [6.45, 7) is 4.55. The summed E-state index contributed by atoms with van der Waals surface area (Å²) in [6.07, 6.45) is 4.46. The number of fused-ring (bicyclic) bond motifs is 3. The van der Waals surface area contributed by atoms with Gasteiger partial charge in [0.1, 0.15) is 19.0 Å². The largest absolute Gasteiger partial charge is 0.493 e. The first-order chi connectivity index (χ1) is 17.2. The average Bonchev–Trinajstić information content (AvgIpc) is 3.39. The van der Waals surface area contributed by atoms with E-state index >= 15 is 0 Å². The number of allylic oxidation sites excluding steroid dienone is 1. The van der Waals surface area contributed by atoms with Crippen LogP contribution in [0.2, 0.25) is 0 Å². The third-order valence-corrected chi connectivity index (χ3v) is 6.53. The van der Waals surface area contributed by atoms with Crippen LogP contribution in [0.25, 0.3) is 22.1 Å². The van der Waals surface area contributed by atoms with E-state index in [0.29, 0.717) is 34.2 Å². The summed E-state index contributed by atoms with van der Waals surface area (Å²) in [4.78, 5) is 18.3. The topological polar surface area (TPSA) is 62.1 Å². The minimum Gasteiger partial charge on any atom is -0.493 e. The number of nitrogens with zero attached hydrogens (tertiary/aromatic N) is 2. The molecular formula is C28H24N2O4S. The van der Waals surface area contributed by atoms with Crippen molar-refractivity contribution >= 4 is 33.4 Å². The normalized spacial score (nSPS) is 11.7.